The highest BCUT2D eigenvalue weighted by Crippen LogP contribution is 2.16. The summed E-state index contributed by atoms with van der Waals surface area (Å²) in [6, 6.07) is 23.7. The zero-order chi connectivity index (χ0) is 21.9. The molecule has 3 rings (SSSR count). The van der Waals surface area contributed by atoms with E-state index in [1.165, 1.54) is 0 Å². The zero-order valence-electron chi connectivity index (χ0n) is 17.8. The fourth-order valence-corrected chi connectivity index (χ4v) is 3.07. The number of unbranched alkanes of at least 4 members (excludes halogenated alkanes) is 2. The van der Waals surface area contributed by atoms with E-state index in [0.717, 1.165) is 30.6 Å². The van der Waals surface area contributed by atoms with Gasteiger partial charge in [-0.05, 0) is 54.4 Å². The van der Waals surface area contributed by atoms with Gasteiger partial charge in [0.1, 0.15) is 5.75 Å². The van der Waals surface area contributed by atoms with Gasteiger partial charge in [-0.2, -0.15) is 0 Å². The highest BCUT2D eigenvalue weighted by Gasteiger charge is 2.10. The van der Waals surface area contributed by atoms with Crippen molar-refractivity contribution in [1.29, 1.82) is 0 Å². The molecule has 5 nitrogen and oxygen atoms in total. The molecule has 0 fully saturated rings. The molecule has 0 atom stereocenters. The second-order valence-corrected chi connectivity index (χ2v) is 7.28. The van der Waals surface area contributed by atoms with Crippen LogP contribution in [-0.4, -0.2) is 18.4 Å². The van der Waals surface area contributed by atoms with Gasteiger partial charge in [0.15, 0.2) is 0 Å². The van der Waals surface area contributed by atoms with Crippen molar-refractivity contribution in [2.24, 2.45) is 0 Å². The summed E-state index contributed by atoms with van der Waals surface area (Å²) in [4.78, 5) is 25.0. The highest BCUT2D eigenvalue weighted by molar-refractivity contribution is 6.05. The third-order valence-corrected chi connectivity index (χ3v) is 4.81. The average molecular weight is 417 g/mol. The Labute approximate surface area is 183 Å². The molecule has 0 spiro atoms. The minimum Gasteiger partial charge on any atom is -0.494 e. The monoisotopic (exact) mass is 416 g/mol. The number of nitrogens with one attached hydrogen (secondary N) is 2. The molecule has 3 aromatic carbocycles. The van der Waals surface area contributed by atoms with E-state index in [1.807, 2.05) is 30.3 Å². The number of hydrogen-bond acceptors (Lipinski definition) is 3. The Morgan fingerprint density at radius 1 is 0.806 bits per heavy atom. The Hall–Kier alpha value is -3.60. The Morgan fingerprint density at radius 3 is 2.32 bits per heavy atom. The first-order valence-electron chi connectivity index (χ1n) is 10.6. The van der Waals surface area contributed by atoms with Crippen molar-refractivity contribution in [3.8, 4) is 5.75 Å². The van der Waals surface area contributed by atoms with Crippen LogP contribution in [0.2, 0.25) is 0 Å². The van der Waals surface area contributed by atoms with Crippen LogP contribution < -0.4 is 15.4 Å². The Kier molecular flexibility index (Phi) is 8.23. The van der Waals surface area contributed by atoms with E-state index in [0.29, 0.717) is 30.0 Å². The lowest BCUT2D eigenvalue weighted by Crippen LogP contribution is -2.23. The maximum atomic E-state index is 12.6. The van der Waals surface area contributed by atoms with Gasteiger partial charge in [0, 0.05) is 23.4 Å². The number of ether oxygens (including phenoxy) is 1. The van der Waals surface area contributed by atoms with Gasteiger partial charge in [-0.25, -0.2) is 0 Å². The lowest BCUT2D eigenvalue weighted by molar-refractivity contribution is 0.0949. The van der Waals surface area contributed by atoms with Crippen LogP contribution in [0.4, 0.5) is 5.69 Å². The molecule has 3 aromatic rings. The normalized spacial score (nSPS) is 10.4. The van der Waals surface area contributed by atoms with Crippen molar-refractivity contribution in [3.63, 3.8) is 0 Å². The second-order valence-electron chi connectivity index (χ2n) is 7.28. The number of carbonyl (C=O) groups excluding carboxylic acids is 2. The summed E-state index contributed by atoms with van der Waals surface area (Å²) in [6.07, 6.45) is 3.32. The first kappa shape index (κ1) is 22.1. The Morgan fingerprint density at radius 2 is 1.58 bits per heavy atom. The van der Waals surface area contributed by atoms with Crippen LogP contribution >= 0.6 is 0 Å². The molecule has 5 heteroatoms. The molecule has 0 aliphatic rings. The first-order valence-corrected chi connectivity index (χ1v) is 10.6. The van der Waals surface area contributed by atoms with Crippen LogP contribution in [0.5, 0.6) is 5.75 Å². The SMILES string of the molecule is CCCCCOc1ccc(C(=O)Nc2cccc(C(=O)NCc3ccccc3)c2)cc1. The molecular formula is C26H28N2O3. The van der Waals surface area contributed by atoms with Crippen molar-refractivity contribution in [3.05, 3.63) is 95.6 Å². The van der Waals surface area contributed by atoms with Crippen LogP contribution in [0.15, 0.2) is 78.9 Å². The van der Waals surface area contributed by atoms with Gasteiger partial charge in [0.2, 0.25) is 0 Å². The molecule has 0 saturated heterocycles. The number of anilines is 1. The van der Waals surface area contributed by atoms with E-state index in [-0.39, 0.29) is 11.8 Å². The minimum absolute atomic E-state index is 0.190. The predicted octanol–water partition coefficient (Wildman–Crippen LogP) is 5.44. The third-order valence-electron chi connectivity index (χ3n) is 4.81. The molecule has 0 radical (unpaired) electrons. The standard InChI is InChI=1S/C26H28N2O3/c1-2-3-7-17-31-24-15-13-21(14-16-24)26(30)28-23-12-8-11-22(18-23)25(29)27-19-20-9-5-4-6-10-20/h4-6,8-16,18H,2-3,7,17,19H2,1H3,(H,27,29)(H,28,30). The van der Waals surface area contributed by atoms with Gasteiger partial charge < -0.3 is 15.4 Å². The minimum atomic E-state index is -0.237. The molecule has 0 aliphatic heterocycles. The van der Waals surface area contributed by atoms with Crippen LogP contribution in [0.25, 0.3) is 0 Å². The second kappa shape index (κ2) is 11.6. The largest absolute Gasteiger partial charge is 0.494 e. The number of amides is 2. The first-order chi connectivity index (χ1) is 15.2. The quantitative estimate of drug-likeness (QED) is 0.433. The zero-order valence-corrected chi connectivity index (χ0v) is 17.8. The third kappa shape index (κ3) is 7.00. The van der Waals surface area contributed by atoms with Crippen molar-refractivity contribution in [1.82, 2.24) is 5.32 Å². The van der Waals surface area contributed by atoms with Gasteiger partial charge >= 0.3 is 0 Å². The van der Waals surface area contributed by atoms with Gasteiger partial charge in [-0.15, -0.1) is 0 Å². The van der Waals surface area contributed by atoms with Crippen LogP contribution in [0.1, 0.15) is 52.5 Å². The average Bonchev–Trinajstić information content (AvgIpc) is 2.81. The number of carbonyl (C=O) groups is 2. The molecule has 160 valence electrons. The molecule has 0 unspecified atom stereocenters. The summed E-state index contributed by atoms with van der Waals surface area (Å²) < 4.78 is 5.68. The Balaban J connectivity index is 1.54. The maximum Gasteiger partial charge on any atom is 0.255 e. The highest BCUT2D eigenvalue weighted by atomic mass is 16.5. The van der Waals surface area contributed by atoms with Gasteiger partial charge in [-0.3, -0.25) is 9.59 Å². The van der Waals surface area contributed by atoms with Crippen molar-refractivity contribution >= 4 is 17.5 Å². The Bertz CT molecular complexity index is 985. The van der Waals surface area contributed by atoms with Crippen LogP contribution in [-0.2, 0) is 6.54 Å². The van der Waals surface area contributed by atoms with Gasteiger partial charge in [0.25, 0.3) is 11.8 Å². The van der Waals surface area contributed by atoms with Gasteiger partial charge in [-0.1, -0.05) is 56.2 Å². The van der Waals surface area contributed by atoms with Crippen LogP contribution in [0.3, 0.4) is 0 Å². The van der Waals surface area contributed by atoms with E-state index < -0.39 is 0 Å². The summed E-state index contributed by atoms with van der Waals surface area (Å²) in [5.74, 6) is 0.327. The number of rotatable bonds is 10. The molecule has 0 saturated carbocycles. The molecule has 0 aromatic heterocycles. The van der Waals surface area contributed by atoms with Crippen LogP contribution in [0, 0.1) is 0 Å². The molecule has 0 bridgehead atoms. The molecule has 0 aliphatic carbocycles. The topological polar surface area (TPSA) is 67.4 Å². The lowest BCUT2D eigenvalue weighted by Gasteiger charge is -2.10. The number of benzene rings is 3. The van der Waals surface area contributed by atoms with E-state index in [9.17, 15) is 9.59 Å². The summed E-state index contributed by atoms with van der Waals surface area (Å²) in [7, 11) is 0. The fourth-order valence-electron chi connectivity index (χ4n) is 3.07. The number of hydrogen-bond donors (Lipinski definition) is 2. The fraction of sp³-hybridized carbons (Fsp3) is 0.231. The lowest BCUT2D eigenvalue weighted by atomic mass is 10.1. The molecule has 0 heterocycles. The maximum absolute atomic E-state index is 12.6. The van der Waals surface area contributed by atoms with Crippen molar-refractivity contribution in [2.75, 3.05) is 11.9 Å². The van der Waals surface area contributed by atoms with E-state index >= 15 is 0 Å². The molecule has 31 heavy (non-hydrogen) atoms. The van der Waals surface area contributed by atoms with Crippen molar-refractivity contribution in [2.45, 2.75) is 32.7 Å². The molecule has 2 amide bonds. The molecular weight excluding hydrogens is 388 g/mol. The summed E-state index contributed by atoms with van der Waals surface area (Å²) >= 11 is 0. The summed E-state index contributed by atoms with van der Waals surface area (Å²) in [5, 5.41) is 5.74. The van der Waals surface area contributed by atoms with E-state index in [4.69, 9.17) is 4.74 Å². The van der Waals surface area contributed by atoms with Crippen molar-refractivity contribution < 1.29 is 14.3 Å². The smallest absolute Gasteiger partial charge is 0.255 e. The van der Waals surface area contributed by atoms with Gasteiger partial charge in [0.05, 0.1) is 6.61 Å². The summed E-state index contributed by atoms with van der Waals surface area (Å²) in [5.41, 5.74) is 2.61. The van der Waals surface area contributed by atoms with E-state index in [2.05, 4.69) is 17.6 Å². The molecule has 2 N–H and O–H groups in total. The summed E-state index contributed by atoms with van der Waals surface area (Å²) in [6.45, 7) is 3.28. The predicted molar refractivity (Wildman–Crippen MR) is 123 cm³/mol. The van der Waals surface area contributed by atoms with E-state index in [1.54, 1.807) is 48.5 Å².